The monoisotopic (exact) mass is 532 g/mol. The molecule has 2 saturated heterocycles. The summed E-state index contributed by atoms with van der Waals surface area (Å²) in [7, 11) is 2.11. The van der Waals surface area contributed by atoms with Crippen LogP contribution >= 0.6 is 11.6 Å². The number of amides is 1. The Morgan fingerprint density at radius 1 is 1.05 bits per heavy atom. The van der Waals surface area contributed by atoms with Crippen LogP contribution in [0, 0.1) is 0 Å². The van der Waals surface area contributed by atoms with Gasteiger partial charge < -0.3 is 19.6 Å². The van der Waals surface area contributed by atoms with Crippen LogP contribution in [-0.2, 0) is 9.59 Å². The lowest BCUT2D eigenvalue weighted by molar-refractivity contribution is -0.132. The summed E-state index contributed by atoms with van der Waals surface area (Å²) in [4.78, 5) is 37.1. The number of ether oxygens (including phenoxy) is 1. The zero-order valence-electron chi connectivity index (χ0n) is 21.3. The Morgan fingerprint density at radius 3 is 2.42 bits per heavy atom. The van der Waals surface area contributed by atoms with Crippen LogP contribution in [-0.4, -0.2) is 66.5 Å². The number of aliphatic hydroxyl groups excluding tert-OH is 1. The van der Waals surface area contributed by atoms with E-state index in [-0.39, 0.29) is 11.3 Å². The third-order valence-corrected chi connectivity index (χ3v) is 7.26. The molecule has 3 aromatic rings. The summed E-state index contributed by atoms with van der Waals surface area (Å²) < 4.78 is 5.56. The van der Waals surface area contributed by atoms with Gasteiger partial charge in [-0.05, 0) is 68.1 Å². The number of anilines is 2. The first-order chi connectivity index (χ1) is 18.4. The summed E-state index contributed by atoms with van der Waals surface area (Å²) in [6.07, 6.45) is 3.22. The number of aromatic nitrogens is 1. The highest BCUT2D eigenvalue weighted by Crippen LogP contribution is 2.43. The minimum Gasteiger partial charge on any atom is -0.507 e. The van der Waals surface area contributed by atoms with Gasteiger partial charge in [0.15, 0.2) is 0 Å². The molecule has 1 N–H and O–H groups in total. The van der Waals surface area contributed by atoms with E-state index in [4.69, 9.17) is 16.3 Å². The van der Waals surface area contributed by atoms with Crippen LogP contribution in [0.5, 0.6) is 5.75 Å². The molecule has 2 aromatic carbocycles. The molecule has 0 aliphatic carbocycles. The van der Waals surface area contributed by atoms with Gasteiger partial charge in [0.2, 0.25) is 0 Å². The first kappa shape index (κ1) is 25.8. The molecule has 8 nitrogen and oxygen atoms in total. The smallest absolute Gasteiger partial charge is 0.300 e. The number of aliphatic hydroxyl groups is 1. The van der Waals surface area contributed by atoms with E-state index in [2.05, 4.69) is 21.8 Å². The fraction of sp³-hybridized carbons (Fsp3) is 0.276. The second-order valence-electron chi connectivity index (χ2n) is 9.34. The van der Waals surface area contributed by atoms with Crippen molar-refractivity contribution in [3.05, 3.63) is 88.7 Å². The van der Waals surface area contributed by atoms with Gasteiger partial charge in [0.05, 0.1) is 23.2 Å². The summed E-state index contributed by atoms with van der Waals surface area (Å²) in [6.45, 7) is 6.00. The molecule has 0 saturated carbocycles. The van der Waals surface area contributed by atoms with Crippen LogP contribution in [0.3, 0.4) is 0 Å². The van der Waals surface area contributed by atoms with Crippen LogP contribution < -0.4 is 14.5 Å². The van der Waals surface area contributed by atoms with E-state index in [0.717, 1.165) is 31.9 Å². The van der Waals surface area contributed by atoms with E-state index >= 15 is 0 Å². The van der Waals surface area contributed by atoms with Gasteiger partial charge in [-0.25, -0.2) is 0 Å². The van der Waals surface area contributed by atoms with Gasteiger partial charge in [0, 0.05) is 55.5 Å². The Morgan fingerprint density at radius 2 is 1.76 bits per heavy atom. The Kier molecular flexibility index (Phi) is 7.35. The molecule has 0 spiro atoms. The standard InChI is InChI=1S/C29H29ClN4O4/c1-3-38-24-17-19(6-11-23(24)30)27(35)25-26(20-5-4-12-31-18-20)34(29(37)28(25)36)22-9-7-21(8-10-22)33-15-13-32(2)14-16-33/h4-12,17-18,26,35H,3,13-16H2,1-2H3/b27-25-. The number of carbonyl (C=O) groups is 2. The van der Waals surface area contributed by atoms with Crippen molar-refractivity contribution < 1.29 is 19.4 Å². The normalized spacial score (nSPS) is 19.7. The van der Waals surface area contributed by atoms with Gasteiger partial charge in [0.25, 0.3) is 11.7 Å². The molecule has 38 heavy (non-hydrogen) atoms. The molecule has 3 heterocycles. The largest absolute Gasteiger partial charge is 0.507 e. The summed E-state index contributed by atoms with van der Waals surface area (Å²) in [6, 6.07) is 15.0. The Bertz CT molecular complexity index is 1370. The first-order valence-corrected chi connectivity index (χ1v) is 12.9. The van der Waals surface area contributed by atoms with Crippen molar-refractivity contribution in [2.45, 2.75) is 13.0 Å². The van der Waals surface area contributed by atoms with Crippen molar-refractivity contribution in [1.29, 1.82) is 0 Å². The summed E-state index contributed by atoms with van der Waals surface area (Å²) >= 11 is 6.23. The first-order valence-electron chi connectivity index (χ1n) is 12.6. The highest BCUT2D eigenvalue weighted by atomic mass is 35.5. The molecule has 0 radical (unpaired) electrons. The summed E-state index contributed by atoms with van der Waals surface area (Å²) in [5, 5.41) is 11.8. The highest BCUT2D eigenvalue weighted by molar-refractivity contribution is 6.51. The number of pyridine rings is 1. The second-order valence-corrected chi connectivity index (χ2v) is 9.75. The predicted molar refractivity (Wildman–Crippen MR) is 148 cm³/mol. The fourth-order valence-corrected chi connectivity index (χ4v) is 5.09. The number of hydrogen-bond donors (Lipinski definition) is 1. The third kappa shape index (κ3) is 4.85. The van der Waals surface area contributed by atoms with Gasteiger partial charge in [-0.15, -0.1) is 0 Å². The molecule has 196 valence electrons. The van der Waals surface area contributed by atoms with Gasteiger partial charge in [0.1, 0.15) is 11.5 Å². The number of nitrogens with zero attached hydrogens (tertiary/aromatic N) is 4. The molecule has 2 fully saturated rings. The van der Waals surface area contributed by atoms with Crippen molar-refractivity contribution >= 4 is 40.4 Å². The predicted octanol–water partition coefficient (Wildman–Crippen LogP) is 4.51. The van der Waals surface area contributed by atoms with E-state index < -0.39 is 17.7 Å². The molecule has 1 atom stereocenters. The Labute approximate surface area is 226 Å². The third-order valence-electron chi connectivity index (χ3n) is 6.95. The van der Waals surface area contributed by atoms with E-state index in [1.54, 1.807) is 42.7 Å². The molecule has 1 aromatic heterocycles. The van der Waals surface area contributed by atoms with Gasteiger partial charge in [-0.1, -0.05) is 17.7 Å². The zero-order valence-corrected chi connectivity index (χ0v) is 22.1. The number of likely N-dealkylation sites (N-methyl/N-ethyl adjacent to an activating group) is 1. The summed E-state index contributed by atoms with van der Waals surface area (Å²) in [5.74, 6) is -1.41. The van der Waals surface area contributed by atoms with Crippen molar-refractivity contribution in [2.24, 2.45) is 0 Å². The van der Waals surface area contributed by atoms with E-state index in [1.807, 2.05) is 31.2 Å². The molecule has 1 unspecified atom stereocenters. The highest BCUT2D eigenvalue weighted by Gasteiger charge is 2.47. The van der Waals surface area contributed by atoms with Gasteiger partial charge in [-0.3, -0.25) is 19.5 Å². The molecule has 9 heteroatoms. The lowest BCUT2D eigenvalue weighted by Crippen LogP contribution is -2.44. The maximum Gasteiger partial charge on any atom is 0.300 e. The number of rotatable bonds is 6. The van der Waals surface area contributed by atoms with Crippen LogP contribution in [0.15, 0.2) is 72.6 Å². The van der Waals surface area contributed by atoms with Crippen molar-refractivity contribution in [2.75, 3.05) is 49.6 Å². The summed E-state index contributed by atoms with van der Waals surface area (Å²) in [5.41, 5.74) is 2.53. The topological polar surface area (TPSA) is 86.2 Å². The zero-order chi connectivity index (χ0) is 26.8. The molecule has 5 rings (SSSR count). The number of ketones is 1. The minimum absolute atomic E-state index is 0.0177. The molecule has 1 amide bonds. The Balaban J connectivity index is 1.57. The number of hydrogen-bond acceptors (Lipinski definition) is 7. The van der Waals surface area contributed by atoms with Crippen molar-refractivity contribution in [3.8, 4) is 5.75 Å². The number of benzene rings is 2. The molecule has 2 aliphatic heterocycles. The van der Waals surface area contributed by atoms with Crippen LogP contribution in [0.25, 0.3) is 5.76 Å². The average Bonchev–Trinajstić information content (AvgIpc) is 3.21. The van der Waals surface area contributed by atoms with Crippen molar-refractivity contribution in [1.82, 2.24) is 9.88 Å². The molecular formula is C29H29ClN4O4. The van der Waals surface area contributed by atoms with E-state index in [0.29, 0.717) is 34.2 Å². The SMILES string of the molecule is CCOc1cc(/C(O)=C2/C(=O)C(=O)N(c3ccc(N4CCN(C)CC4)cc3)C2c2cccnc2)ccc1Cl. The fourth-order valence-electron chi connectivity index (χ4n) is 4.91. The maximum atomic E-state index is 13.4. The minimum atomic E-state index is -0.857. The molecular weight excluding hydrogens is 504 g/mol. The average molecular weight is 533 g/mol. The lowest BCUT2D eigenvalue weighted by atomic mass is 9.96. The van der Waals surface area contributed by atoms with Crippen LogP contribution in [0.4, 0.5) is 11.4 Å². The maximum absolute atomic E-state index is 13.4. The quantitative estimate of drug-likeness (QED) is 0.284. The second kappa shape index (κ2) is 10.8. The number of carbonyl (C=O) groups excluding carboxylic acids is 2. The van der Waals surface area contributed by atoms with Crippen molar-refractivity contribution in [3.63, 3.8) is 0 Å². The van der Waals surface area contributed by atoms with Crippen LogP contribution in [0.2, 0.25) is 5.02 Å². The van der Waals surface area contributed by atoms with E-state index in [9.17, 15) is 14.7 Å². The van der Waals surface area contributed by atoms with Crippen LogP contribution in [0.1, 0.15) is 24.1 Å². The Hall–Kier alpha value is -3.88. The van der Waals surface area contributed by atoms with E-state index in [1.165, 1.54) is 4.90 Å². The van der Waals surface area contributed by atoms with Gasteiger partial charge >= 0.3 is 0 Å². The number of halogens is 1. The number of piperazine rings is 1. The number of Topliss-reactive ketones (excluding diaryl/α,β-unsaturated/α-hetero) is 1. The molecule has 0 bridgehead atoms. The lowest BCUT2D eigenvalue weighted by Gasteiger charge is -2.34. The molecule has 2 aliphatic rings. The van der Waals surface area contributed by atoms with Gasteiger partial charge in [-0.2, -0.15) is 0 Å².